The fourth-order valence-electron chi connectivity index (χ4n) is 5.52. The smallest absolute Gasteiger partial charge is 0.226 e. The third-order valence-electron chi connectivity index (χ3n) is 6.98. The number of hydrogen-bond donors (Lipinski definition) is 1. The molecule has 2 spiro atoms. The zero-order valence-corrected chi connectivity index (χ0v) is 16.5. The minimum atomic E-state index is 0. The Balaban J connectivity index is 0.00000104. The maximum atomic E-state index is 13.3. The first-order valence-electron chi connectivity index (χ1n) is 9.36. The van der Waals surface area contributed by atoms with E-state index >= 15 is 0 Å². The van der Waals surface area contributed by atoms with Gasteiger partial charge < -0.3 is 15.1 Å². The van der Waals surface area contributed by atoms with Crippen LogP contribution in [0.2, 0.25) is 0 Å². The topological polar surface area (TPSA) is 35.6 Å². The molecule has 2 saturated carbocycles. The van der Waals surface area contributed by atoms with E-state index in [1.807, 2.05) is 0 Å². The molecule has 2 aliphatic heterocycles. The lowest BCUT2D eigenvalue weighted by atomic mass is 9.78. The van der Waals surface area contributed by atoms with Gasteiger partial charge in [0.25, 0.3) is 0 Å². The van der Waals surface area contributed by atoms with Gasteiger partial charge in [-0.1, -0.05) is 19.3 Å². The number of nitrogens with one attached hydrogen (secondary N) is 1. The van der Waals surface area contributed by atoms with Crippen molar-refractivity contribution in [2.75, 3.05) is 39.8 Å². The highest BCUT2D eigenvalue weighted by atomic mass is 35.5. The maximum absolute atomic E-state index is 13.3. The quantitative estimate of drug-likeness (QED) is 0.762. The molecule has 4 rings (SSSR count). The molecule has 0 aromatic carbocycles. The van der Waals surface area contributed by atoms with Gasteiger partial charge in [0.05, 0.1) is 5.54 Å². The average Bonchev–Trinajstić information content (AvgIpc) is 3.21. The SMILES string of the molecule is CN1CCN(C(=O)C2CC23CCNCC3)C2(CCCCC2)C1.Cl.Cl. The summed E-state index contributed by atoms with van der Waals surface area (Å²) in [4.78, 5) is 18.1. The van der Waals surface area contributed by atoms with Gasteiger partial charge in [-0.3, -0.25) is 4.79 Å². The Hall–Kier alpha value is -0.0300. The van der Waals surface area contributed by atoms with Gasteiger partial charge in [-0.2, -0.15) is 0 Å². The Labute approximate surface area is 158 Å². The Bertz CT molecular complexity index is 448. The highest BCUT2D eigenvalue weighted by molar-refractivity contribution is 5.85. The molecule has 1 atom stereocenters. The summed E-state index contributed by atoms with van der Waals surface area (Å²) in [7, 11) is 2.23. The molecular weight excluding hydrogens is 345 g/mol. The van der Waals surface area contributed by atoms with E-state index in [0.717, 1.165) is 39.1 Å². The van der Waals surface area contributed by atoms with Crippen molar-refractivity contribution in [1.29, 1.82) is 0 Å². The number of piperazine rings is 1. The van der Waals surface area contributed by atoms with Gasteiger partial charge in [-0.15, -0.1) is 24.8 Å². The first kappa shape index (κ1) is 20.3. The van der Waals surface area contributed by atoms with Crippen LogP contribution in [-0.2, 0) is 4.79 Å². The fourth-order valence-corrected chi connectivity index (χ4v) is 5.52. The third kappa shape index (κ3) is 3.44. The van der Waals surface area contributed by atoms with Crippen LogP contribution in [0.1, 0.15) is 51.4 Å². The molecule has 24 heavy (non-hydrogen) atoms. The largest absolute Gasteiger partial charge is 0.334 e. The van der Waals surface area contributed by atoms with E-state index in [4.69, 9.17) is 0 Å². The van der Waals surface area contributed by atoms with Crippen LogP contribution >= 0.6 is 24.8 Å². The van der Waals surface area contributed by atoms with Crippen molar-refractivity contribution in [2.45, 2.75) is 56.9 Å². The molecule has 1 unspecified atom stereocenters. The predicted molar refractivity (Wildman–Crippen MR) is 102 cm³/mol. The molecule has 2 saturated heterocycles. The lowest BCUT2D eigenvalue weighted by Gasteiger charge is -2.52. The van der Waals surface area contributed by atoms with Gasteiger partial charge >= 0.3 is 0 Å². The average molecular weight is 378 g/mol. The highest BCUT2D eigenvalue weighted by Gasteiger charge is 2.60. The molecule has 0 radical (unpaired) electrons. The Kier molecular flexibility index (Phi) is 6.50. The van der Waals surface area contributed by atoms with Crippen molar-refractivity contribution in [3.05, 3.63) is 0 Å². The summed E-state index contributed by atoms with van der Waals surface area (Å²) in [6.45, 7) is 5.32. The van der Waals surface area contributed by atoms with Gasteiger partial charge in [0.2, 0.25) is 5.91 Å². The Morgan fingerprint density at radius 3 is 2.33 bits per heavy atom. The molecule has 6 heteroatoms. The zero-order valence-electron chi connectivity index (χ0n) is 14.9. The second-order valence-corrected chi connectivity index (χ2v) is 8.38. The second-order valence-electron chi connectivity index (χ2n) is 8.38. The highest BCUT2D eigenvalue weighted by Crippen LogP contribution is 2.59. The van der Waals surface area contributed by atoms with Gasteiger partial charge in [0, 0.05) is 25.6 Å². The molecule has 4 nitrogen and oxygen atoms in total. The molecule has 1 N–H and O–H groups in total. The van der Waals surface area contributed by atoms with Crippen LogP contribution in [0, 0.1) is 11.3 Å². The minimum Gasteiger partial charge on any atom is -0.334 e. The number of piperidine rings is 1. The van der Waals surface area contributed by atoms with Crippen molar-refractivity contribution in [3.63, 3.8) is 0 Å². The number of carbonyl (C=O) groups excluding carboxylic acids is 1. The van der Waals surface area contributed by atoms with E-state index in [0.29, 0.717) is 17.2 Å². The van der Waals surface area contributed by atoms with E-state index in [9.17, 15) is 4.79 Å². The van der Waals surface area contributed by atoms with Crippen molar-refractivity contribution in [2.24, 2.45) is 11.3 Å². The summed E-state index contributed by atoms with van der Waals surface area (Å²) in [6.07, 6.45) is 10.0. The summed E-state index contributed by atoms with van der Waals surface area (Å²) in [5.74, 6) is 0.855. The Morgan fingerprint density at radius 1 is 1.00 bits per heavy atom. The molecule has 0 aromatic heterocycles. The molecule has 4 fully saturated rings. The van der Waals surface area contributed by atoms with Crippen LogP contribution in [-0.4, -0.2) is 61.0 Å². The molecule has 140 valence electrons. The fraction of sp³-hybridized carbons (Fsp3) is 0.944. The van der Waals surface area contributed by atoms with Crippen LogP contribution in [0.3, 0.4) is 0 Å². The van der Waals surface area contributed by atoms with Gasteiger partial charge in [0.15, 0.2) is 0 Å². The number of carbonyl (C=O) groups is 1. The minimum absolute atomic E-state index is 0. The number of hydrogen-bond acceptors (Lipinski definition) is 3. The molecule has 1 amide bonds. The Morgan fingerprint density at radius 2 is 1.67 bits per heavy atom. The monoisotopic (exact) mass is 377 g/mol. The second kappa shape index (κ2) is 7.69. The summed E-state index contributed by atoms with van der Waals surface area (Å²) in [5.41, 5.74) is 0.542. The van der Waals surface area contributed by atoms with E-state index in [2.05, 4.69) is 22.2 Å². The summed E-state index contributed by atoms with van der Waals surface area (Å²) in [5, 5.41) is 3.45. The first-order chi connectivity index (χ1) is 10.7. The van der Waals surface area contributed by atoms with E-state index in [-0.39, 0.29) is 30.4 Å². The number of amides is 1. The normalized spacial score (nSPS) is 31.2. The summed E-state index contributed by atoms with van der Waals surface area (Å²) < 4.78 is 0. The van der Waals surface area contributed by atoms with E-state index in [1.165, 1.54) is 44.9 Å². The van der Waals surface area contributed by atoms with Crippen molar-refractivity contribution >= 4 is 30.7 Å². The lowest BCUT2D eigenvalue weighted by Crippen LogP contribution is -2.64. The van der Waals surface area contributed by atoms with Crippen LogP contribution in [0.4, 0.5) is 0 Å². The third-order valence-corrected chi connectivity index (χ3v) is 6.98. The predicted octanol–water partition coefficient (Wildman–Crippen LogP) is 2.70. The first-order valence-corrected chi connectivity index (χ1v) is 9.36. The van der Waals surface area contributed by atoms with Crippen LogP contribution in [0.25, 0.3) is 0 Å². The molecule has 2 aliphatic carbocycles. The van der Waals surface area contributed by atoms with Gasteiger partial charge in [-0.05, 0) is 57.7 Å². The molecular formula is C18H33Cl2N3O. The number of nitrogens with zero attached hydrogens (tertiary/aromatic N) is 2. The standard InChI is InChI=1S/C18H31N3O.2ClH/c1-20-11-12-21(18(14-20)5-3-2-4-6-18)16(22)15-13-17(15)7-9-19-10-8-17;;/h15,19H,2-14H2,1H3;2*1H. The van der Waals surface area contributed by atoms with Gasteiger partial charge in [-0.25, -0.2) is 0 Å². The van der Waals surface area contributed by atoms with Gasteiger partial charge in [0.1, 0.15) is 0 Å². The van der Waals surface area contributed by atoms with Crippen LogP contribution in [0.15, 0.2) is 0 Å². The molecule has 4 aliphatic rings. The zero-order chi connectivity index (χ0) is 15.2. The molecule has 0 bridgehead atoms. The molecule has 2 heterocycles. The van der Waals surface area contributed by atoms with E-state index in [1.54, 1.807) is 0 Å². The van der Waals surface area contributed by atoms with Crippen LogP contribution < -0.4 is 5.32 Å². The summed E-state index contributed by atoms with van der Waals surface area (Å²) in [6, 6.07) is 0. The van der Waals surface area contributed by atoms with Crippen molar-refractivity contribution < 1.29 is 4.79 Å². The van der Waals surface area contributed by atoms with Crippen molar-refractivity contribution in [3.8, 4) is 0 Å². The van der Waals surface area contributed by atoms with E-state index < -0.39 is 0 Å². The lowest BCUT2D eigenvalue weighted by molar-refractivity contribution is -0.146. The van der Waals surface area contributed by atoms with Crippen LogP contribution in [0.5, 0.6) is 0 Å². The molecule has 0 aromatic rings. The number of rotatable bonds is 1. The number of halogens is 2. The number of likely N-dealkylation sites (N-methyl/N-ethyl adjacent to an activating group) is 1. The summed E-state index contributed by atoms with van der Waals surface area (Å²) >= 11 is 0. The maximum Gasteiger partial charge on any atom is 0.226 e. The van der Waals surface area contributed by atoms with Crippen molar-refractivity contribution in [1.82, 2.24) is 15.1 Å².